The predicted molar refractivity (Wildman–Crippen MR) is 293 cm³/mol. The maximum atomic E-state index is 14.4. The summed E-state index contributed by atoms with van der Waals surface area (Å²) in [6.45, 7) is 3.78. The van der Waals surface area contributed by atoms with Gasteiger partial charge in [-0.1, -0.05) is 156 Å². The summed E-state index contributed by atoms with van der Waals surface area (Å²) in [5.74, 6) is -1.88. The van der Waals surface area contributed by atoms with Gasteiger partial charge in [0, 0.05) is 19.5 Å². The van der Waals surface area contributed by atoms with Crippen LogP contribution in [0.5, 0.6) is 0 Å². The first kappa shape index (κ1) is 65.6. The molecule has 0 radical (unpaired) electrons. The minimum absolute atomic E-state index is 0. The summed E-state index contributed by atoms with van der Waals surface area (Å²) in [6, 6.07) is 23.8. The van der Waals surface area contributed by atoms with Crippen molar-refractivity contribution in [1.29, 1.82) is 0 Å². The molecule has 3 aromatic rings. The fourth-order valence-electron chi connectivity index (χ4n) is 7.97. The lowest BCUT2D eigenvalue weighted by Gasteiger charge is -2.26. The van der Waals surface area contributed by atoms with Gasteiger partial charge in [0.2, 0.25) is 23.6 Å². The molecular formula is C55H86Cl2N8O8. The number of carbonyl (C=O) groups is 6. The minimum atomic E-state index is -1.12. The first-order valence-corrected chi connectivity index (χ1v) is 26.2. The van der Waals surface area contributed by atoms with Crippen LogP contribution in [0, 0.1) is 0 Å². The molecule has 0 aliphatic heterocycles. The number of hydrogen-bond acceptors (Lipinski definition) is 10. The number of amides is 6. The first-order chi connectivity index (χ1) is 34.6. The minimum Gasteiger partial charge on any atom is -0.445 e. The molecule has 0 bridgehead atoms. The lowest BCUT2D eigenvalue weighted by molar-refractivity contribution is -0.132. The molecular weight excluding hydrogens is 972 g/mol. The maximum Gasteiger partial charge on any atom is 0.408 e. The van der Waals surface area contributed by atoms with Gasteiger partial charge in [0.25, 0.3) is 0 Å². The standard InChI is InChI=1S/C55H84N8O8.2ClH/c1-2-3-4-5-6-7-8-9-10-25-38-59-51(65)49(40-43-27-14-11-15-28-43)61-52(66)47(60-53(67)48(34-21-24-37-57)63-55(69)71-42-45-31-18-13-19-32-45)35-22-26-39-58-50(64)46(33-20-23-36-56)62-54(68)70-41-44-29-16-12-17-30-44;;/h11-19,27-32,46-49H,2-10,20-26,33-42,56-57H2,1H3,(H,58,64)(H,59,65)(H,60,67)(H,61,66)(H,62,68)(H,63,69);2*1H/t46-,47-,48-,49-;;/m0../s1. The van der Waals surface area contributed by atoms with Crippen LogP contribution >= 0.6 is 24.8 Å². The van der Waals surface area contributed by atoms with Gasteiger partial charge >= 0.3 is 12.2 Å². The molecule has 16 nitrogen and oxygen atoms in total. The van der Waals surface area contributed by atoms with Crippen molar-refractivity contribution >= 4 is 60.6 Å². The van der Waals surface area contributed by atoms with Gasteiger partial charge in [-0.05, 0) is 94.0 Å². The van der Waals surface area contributed by atoms with Crippen LogP contribution < -0.4 is 43.4 Å². The highest BCUT2D eigenvalue weighted by molar-refractivity contribution is 5.94. The Kier molecular flexibility index (Phi) is 37.7. The quantitative estimate of drug-likeness (QED) is 0.0256. The van der Waals surface area contributed by atoms with E-state index in [2.05, 4.69) is 38.8 Å². The third kappa shape index (κ3) is 30.4. The number of ether oxygens (including phenoxy) is 2. The summed E-state index contributed by atoms with van der Waals surface area (Å²) in [4.78, 5) is 81.5. The smallest absolute Gasteiger partial charge is 0.408 e. The van der Waals surface area contributed by atoms with E-state index < -0.39 is 48.2 Å². The molecule has 0 fully saturated rings. The summed E-state index contributed by atoms with van der Waals surface area (Å²) < 4.78 is 10.8. The van der Waals surface area contributed by atoms with E-state index in [0.29, 0.717) is 64.6 Å². The molecule has 6 amide bonds. The molecule has 408 valence electrons. The Labute approximate surface area is 447 Å². The van der Waals surface area contributed by atoms with Gasteiger partial charge in [0.15, 0.2) is 0 Å². The molecule has 0 aromatic heterocycles. The molecule has 0 unspecified atom stereocenters. The fourth-order valence-corrected chi connectivity index (χ4v) is 7.97. The number of alkyl carbamates (subject to hydrolysis) is 2. The second-order valence-corrected chi connectivity index (χ2v) is 18.2. The van der Waals surface area contributed by atoms with Gasteiger partial charge < -0.3 is 52.8 Å². The molecule has 0 saturated heterocycles. The van der Waals surface area contributed by atoms with E-state index >= 15 is 0 Å². The molecule has 4 atom stereocenters. The highest BCUT2D eigenvalue weighted by atomic mass is 35.5. The van der Waals surface area contributed by atoms with Crippen LogP contribution in [0.25, 0.3) is 0 Å². The number of nitrogens with one attached hydrogen (secondary N) is 6. The Morgan fingerprint density at radius 3 is 1.19 bits per heavy atom. The first-order valence-electron chi connectivity index (χ1n) is 26.2. The zero-order valence-electron chi connectivity index (χ0n) is 43.1. The van der Waals surface area contributed by atoms with Gasteiger partial charge in [-0.3, -0.25) is 19.2 Å². The molecule has 18 heteroatoms. The van der Waals surface area contributed by atoms with Crippen molar-refractivity contribution < 1.29 is 38.2 Å². The molecule has 10 N–H and O–H groups in total. The number of halogens is 2. The Bertz CT molecular complexity index is 1940. The molecule has 0 saturated carbocycles. The summed E-state index contributed by atoms with van der Waals surface area (Å²) in [5.41, 5.74) is 13.9. The second kappa shape index (κ2) is 42.0. The van der Waals surface area contributed by atoms with E-state index in [9.17, 15) is 28.8 Å². The number of benzene rings is 3. The highest BCUT2D eigenvalue weighted by Crippen LogP contribution is 2.13. The van der Waals surface area contributed by atoms with Crippen LogP contribution in [0.2, 0.25) is 0 Å². The Morgan fingerprint density at radius 1 is 0.411 bits per heavy atom. The van der Waals surface area contributed by atoms with Crippen molar-refractivity contribution in [3.05, 3.63) is 108 Å². The van der Waals surface area contributed by atoms with E-state index in [0.717, 1.165) is 36.0 Å². The van der Waals surface area contributed by atoms with Crippen molar-refractivity contribution in [2.75, 3.05) is 26.2 Å². The topological polar surface area (TPSA) is 245 Å². The lowest BCUT2D eigenvalue weighted by atomic mass is 10.0. The summed E-state index contributed by atoms with van der Waals surface area (Å²) in [5, 5.41) is 17.1. The van der Waals surface area contributed by atoms with Crippen molar-refractivity contribution in [3.63, 3.8) is 0 Å². The highest BCUT2D eigenvalue weighted by Gasteiger charge is 2.30. The average Bonchev–Trinajstić information content (AvgIpc) is 3.38. The third-order valence-corrected chi connectivity index (χ3v) is 12.1. The van der Waals surface area contributed by atoms with Gasteiger partial charge in [-0.25, -0.2) is 9.59 Å². The van der Waals surface area contributed by atoms with Crippen LogP contribution in [-0.4, -0.2) is 86.2 Å². The van der Waals surface area contributed by atoms with Crippen LogP contribution in [0.3, 0.4) is 0 Å². The van der Waals surface area contributed by atoms with Crippen molar-refractivity contribution in [2.45, 2.75) is 173 Å². The Hall–Kier alpha value is -5.42. The van der Waals surface area contributed by atoms with E-state index in [1.54, 1.807) is 0 Å². The SMILES string of the molecule is CCCCCCCCCCCCNC(=O)[C@H](Cc1ccccc1)NC(=O)[C@H](CCCCNC(=O)[C@H](CCCCN)NC(=O)OCc1ccccc1)NC(=O)[C@H](CCCCN)NC(=O)OCc1ccccc1.Cl.Cl. The number of rotatable bonds is 38. The normalized spacial score (nSPS) is 12.3. The molecule has 0 aliphatic carbocycles. The zero-order valence-corrected chi connectivity index (χ0v) is 44.7. The second-order valence-electron chi connectivity index (χ2n) is 18.2. The average molecular weight is 1060 g/mol. The van der Waals surface area contributed by atoms with E-state index in [4.69, 9.17) is 20.9 Å². The Morgan fingerprint density at radius 2 is 0.753 bits per heavy atom. The van der Waals surface area contributed by atoms with Gasteiger partial charge in [-0.2, -0.15) is 0 Å². The maximum absolute atomic E-state index is 14.4. The molecule has 73 heavy (non-hydrogen) atoms. The summed E-state index contributed by atoms with van der Waals surface area (Å²) in [7, 11) is 0. The molecule has 0 aliphatic rings. The predicted octanol–water partition coefficient (Wildman–Crippen LogP) is 8.21. The zero-order chi connectivity index (χ0) is 51.2. The monoisotopic (exact) mass is 1060 g/mol. The van der Waals surface area contributed by atoms with Crippen LogP contribution in [-0.2, 0) is 48.3 Å². The summed E-state index contributed by atoms with van der Waals surface area (Å²) in [6.07, 6.45) is 14.3. The number of hydrogen-bond donors (Lipinski definition) is 8. The Balaban J connectivity index is 0.0000133. The van der Waals surface area contributed by atoms with Gasteiger partial charge in [-0.15, -0.1) is 24.8 Å². The van der Waals surface area contributed by atoms with Crippen LogP contribution in [0.15, 0.2) is 91.0 Å². The van der Waals surface area contributed by atoms with Gasteiger partial charge in [0.1, 0.15) is 37.4 Å². The number of unbranched alkanes of at least 4 members (excludes halogenated alkanes) is 12. The van der Waals surface area contributed by atoms with Crippen molar-refractivity contribution in [2.24, 2.45) is 11.5 Å². The van der Waals surface area contributed by atoms with E-state index in [1.807, 2.05) is 91.0 Å². The molecule has 3 rings (SSSR count). The van der Waals surface area contributed by atoms with Crippen molar-refractivity contribution in [1.82, 2.24) is 31.9 Å². The number of carbonyl (C=O) groups excluding carboxylic acids is 6. The van der Waals surface area contributed by atoms with Crippen molar-refractivity contribution in [3.8, 4) is 0 Å². The summed E-state index contributed by atoms with van der Waals surface area (Å²) >= 11 is 0. The largest absolute Gasteiger partial charge is 0.445 e. The molecule has 3 aromatic carbocycles. The lowest BCUT2D eigenvalue weighted by Crippen LogP contribution is -2.57. The molecule has 0 heterocycles. The van der Waals surface area contributed by atoms with Crippen LogP contribution in [0.4, 0.5) is 9.59 Å². The third-order valence-electron chi connectivity index (χ3n) is 12.1. The van der Waals surface area contributed by atoms with Crippen LogP contribution in [0.1, 0.15) is 146 Å². The fraction of sp³-hybridized carbons (Fsp3) is 0.564. The van der Waals surface area contributed by atoms with E-state index in [-0.39, 0.29) is 75.6 Å². The van der Waals surface area contributed by atoms with E-state index in [1.165, 1.54) is 44.9 Å². The number of nitrogens with two attached hydrogens (primary N) is 2. The van der Waals surface area contributed by atoms with Gasteiger partial charge in [0.05, 0.1) is 0 Å². The molecule has 0 spiro atoms.